The highest BCUT2D eigenvalue weighted by atomic mass is 16.8. The van der Waals surface area contributed by atoms with Crippen LogP contribution in [0.1, 0.15) is 27.0 Å². The van der Waals surface area contributed by atoms with Gasteiger partial charge in [0.15, 0.2) is 18.4 Å². The number of nitrogens with zero attached hydrogens (tertiary/aromatic N) is 4. The van der Waals surface area contributed by atoms with Gasteiger partial charge in [0, 0.05) is 27.8 Å². The highest BCUT2D eigenvalue weighted by Crippen LogP contribution is 2.34. The minimum Gasteiger partial charge on any atom is -0.463 e. The van der Waals surface area contributed by atoms with Crippen molar-refractivity contribution < 1.29 is 42.9 Å². The van der Waals surface area contributed by atoms with Crippen LogP contribution in [0.25, 0.3) is 11.2 Å². The summed E-state index contributed by atoms with van der Waals surface area (Å²) < 4.78 is 26.9. The molecule has 0 aliphatic carbocycles. The van der Waals surface area contributed by atoms with Gasteiger partial charge in [-0.05, 0) is 4.90 Å². The van der Waals surface area contributed by atoms with E-state index in [0.29, 0.717) is 4.57 Å². The van der Waals surface area contributed by atoms with E-state index in [-0.39, 0.29) is 4.90 Å². The topological polar surface area (TPSA) is 185 Å². The minimum atomic E-state index is -1.51. The number of rotatable bonds is 5. The van der Waals surface area contributed by atoms with Gasteiger partial charge in [0.2, 0.25) is 0 Å². The summed E-state index contributed by atoms with van der Waals surface area (Å²) in [4.78, 5) is 59.5. The maximum Gasteiger partial charge on any atom is 0.336 e. The Labute approximate surface area is 172 Å². The van der Waals surface area contributed by atoms with Gasteiger partial charge in [0.25, 0.3) is 0 Å². The molecule has 1 fully saturated rings. The van der Waals surface area contributed by atoms with Crippen molar-refractivity contribution >= 4 is 29.1 Å². The number of aromatic nitrogens is 4. The van der Waals surface area contributed by atoms with Gasteiger partial charge in [0.1, 0.15) is 12.7 Å². The molecular weight excluding hydrogens is 424 g/mol. The molecule has 1 saturated heterocycles. The molecule has 3 rings (SSSR count). The molecule has 15 nitrogen and oxygen atoms in total. The average Bonchev–Trinajstić information content (AvgIpc) is 3.19. The number of hydrogen-bond donors (Lipinski definition) is 0. The molecule has 0 unspecified atom stereocenters. The first kappa shape index (κ1) is 21.9. The largest absolute Gasteiger partial charge is 0.463 e. The summed E-state index contributed by atoms with van der Waals surface area (Å²) >= 11 is 0. The molecule has 2 aromatic heterocycles. The zero-order chi connectivity index (χ0) is 23.0. The maximum absolute atomic E-state index is 12.9. The monoisotopic (exact) mass is 442 g/mol. The molecular formula is C16H18N4O11. The predicted octanol–water partition coefficient (Wildman–Crippen LogP) is -2.35. The molecule has 31 heavy (non-hydrogen) atoms. The van der Waals surface area contributed by atoms with Crippen molar-refractivity contribution in [1.82, 2.24) is 14.3 Å². The lowest BCUT2D eigenvalue weighted by atomic mass is 10.1. The average molecular weight is 442 g/mol. The minimum absolute atomic E-state index is 0.191. The maximum atomic E-state index is 12.9. The van der Waals surface area contributed by atoms with E-state index in [1.807, 2.05) is 0 Å². The van der Waals surface area contributed by atoms with Crippen LogP contribution >= 0.6 is 0 Å². The van der Waals surface area contributed by atoms with Crippen molar-refractivity contribution in [2.24, 2.45) is 7.05 Å². The molecule has 0 amide bonds. The Bertz CT molecular complexity index is 1160. The third-order valence-electron chi connectivity index (χ3n) is 4.42. The van der Waals surface area contributed by atoms with Crippen molar-refractivity contribution in [1.29, 1.82) is 0 Å². The fourth-order valence-electron chi connectivity index (χ4n) is 3.20. The van der Waals surface area contributed by atoms with Gasteiger partial charge < -0.3 is 24.2 Å². The molecule has 0 saturated carbocycles. The molecule has 4 atom stereocenters. The van der Waals surface area contributed by atoms with Gasteiger partial charge in [-0.15, -0.1) is 0 Å². The van der Waals surface area contributed by atoms with Crippen molar-refractivity contribution in [3.8, 4) is 0 Å². The lowest BCUT2D eigenvalue weighted by molar-refractivity contribution is -0.782. The standard InChI is InChI=1S/C16H18N4O11/c1-6(21)27-5-9-11(28-7(2)22)12(29-8(3)23)15(30-9)19-13-10(20(26)31-17-13)14(24)18(4)16(19)25/h9,11-12,15H,5H2,1-4H3/t9-,11-,12-,15-/m1/s1. The third-order valence-corrected chi connectivity index (χ3v) is 4.42. The van der Waals surface area contributed by atoms with Crippen LogP contribution < -0.4 is 16.2 Å². The number of fused-ring (bicyclic) bond motifs is 1. The van der Waals surface area contributed by atoms with E-state index in [2.05, 4.69) is 9.79 Å². The normalized spacial score (nSPS) is 23.0. The fourth-order valence-corrected chi connectivity index (χ4v) is 3.20. The first-order valence-corrected chi connectivity index (χ1v) is 8.87. The zero-order valence-electron chi connectivity index (χ0n) is 16.8. The van der Waals surface area contributed by atoms with E-state index < -0.39 is 71.5 Å². The number of carbonyl (C=O) groups excluding carboxylic acids is 3. The Morgan fingerprint density at radius 2 is 1.71 bits per heavy atom. The summed E-state index contributed by atoms with van der Waals surface area (Å²) in [6, 6.07) is 0. The first-order valence-electron chi connectivity index (χ1n) is 8.87. The number of ether oxygens (including phenoxy) is 4. The quantitative estimate of drug-likeness (QED) is 0.273. The zero-order valence-corrected chi connectivity index (χ0v) is 16.8. The molecule has 3 heterocycles. The Balaban J connectivity index is 2.19. The second-order valence-corrected chi connectivity index (χ2v) is 6.63. The Morgan fingerprint density at radius 1 is 1.10 bits per heavy atom. The molecule has 0 spiro atoms. The molecule has 1 aliphatic heterocycles. The SMILES string of the molecule is CC(=O)OC[C@H]1O[C@@H](n2c(=O)n(C)c(=O)c3c2no[n+]3[O-])[C@H](OC(C)=O)[C@@H]1OC(C)=O. The van der Waals surface area contributed by atoms with Gasteiger partial charge in [0.05, 0.1) is 5.16 Å². The van der Waals surface area contributed by atoms with Gasteiger partial charge in [-0.3, -0.25) is 28.4 Å². The van der Waals surface area contributed by atoms with Crippen molar-refractivity contribution in [2.75, 3.05) is 6.61 Å². The summed E-state index contributed by atoms with van der Waals surface area (Å²) in [6.07, 6.45) is -5.39. The molecule has 168 valence electrons. The van der Waals surface area contributed by atoms with Crippen LogP contribution in [0.15, 0.2) is 14.2 Å². The van der Waals surface area contributed by atoms with E-state index in [0.717, 1.165) is 32.4 Å². The number of esters is 3. The molecule has 2 aromatic rings. The van der Waals surface area contributed by atoms with Crippen LogP contribution in [0.5, 0.6) is 0 Å². The van der Waals surface area contributed by atoms with E-state index >= 15 is 0 Å². The summed E-state index contributed by atoms with van der Waals surface area (Å²) in [7, 11) is 1.10. The Kier molecular flexibility index (Phi) is 5.79. The molecule has 0 radical (unpaired) electrons. The van der Waals surface area contributed by atoms with E-state index in [1.165, 1.54) is 0 Å². The first-order chi connectivity index (χ1) is 14.5. The third kappa shape index (κ3) is 3.98. The van der Waals surface area contributed by atoms with Gasteiger partial charge in [-0.25, -0.2) is 9.36 Å². The molecule has 1 aliphatic rings. The van der Waals surface area contributed by atoms with Crippen LogP contribution in [0.3, 0.4) is 0 Å². The predicted molar refractivity (Wildman–Crippen MR) is 94.1 cm³/mol. The lowest BCUT2D eigenvalue weighted by Gasteiger charge is -2.23. The van der Waals surface area contributed by atoms with Crippen LogP contribution in [-0.4, -0.2) is 57.1 Å². The number of hydrogen-bond acceptors (Lipinski definition) is 12. The lowest BCUT2D eigenvalue weighted by Crippen LogP contribution is -2.46. The number of carbonyl (C=O) groups is 3. The highest BCUT2D eigenvalue weighted by molar-refractivity contribution is 5.68. The summed E-state index contributed by atoms with van der Waals surface area (Å²) in [5.74, 6) is -2.24. The summed E-state index contributed by atoms with van der Waals surface area (Å²) in [5, 5.41) is 15.3. The van der Waals surface area contributed by atoms with Crippen molar-refractivity contribution in [2.45, 2.75) is 45.3 Å². The fraction of sp³-hybridized carbons (Fsp3) is 0.562. The van der Waals surface area contributed by atoms with Crippen LogP contribution in [-0.2, 0) is 40.4 Å². The molecule has 0 bridgehead atoms. The summed E-state index contributed by atoms with van der Waals surface area (Å²) in [5.41, 5.74) is -3.06. The highest BCUT2D eigenvalue weighted by Gasteiger charge is 2.52. The van der Waals surface area contributed by atoms with Gasteiger partial charge in [-0.2, -0.15) is 0 Å². The van der Waals surface area contributed by atoms with Crippen molar-refractivity contribution in [3.05, 3.63) is 26.0 Å². The Morgan fingerprint density at radius 3 is 2.29 bits per heavy atom. The van der Waals surface area contributed by atoms with Crippen LogP contribution in [0, 0.1) is 5.21 Å². The Hall–Kier alpha value is -3.75. The molecule has 0 N–H and O–H groups in total. The van der Waals surface area contributed by atoms with Gasteiger partial charge >= 0.3 is 40.3 Å². The molecule has 15 heteroatoms. The van der Waals surface area contributed by atoms with Crippen LogP contribution in [0.2, 0.25) is 0 Å². The van der Waals surface area contributed by atoms with Crippen molar-refractivity contribution in [3.63, 3.8) is 0 Å². The van der Waals surface area contributed by atoms with E-state index in [4.69, 9.17) is 18.9 Å². The van der Waals surface area contributed by atoms with E-state index in [1.54, 1.807) is 0 Å². The van der Waals surface area contributed by atoms with E-state index in [9.17, 15) is 29.2 Å². The second-order valence-electron chi connectivity index (χ2n) is 6.63. The molecule has 0 aromatic carbocycles. The van der Waals surface area contributed by atoms with Gasteiger partial charge in [-0.1, -0.05) is 0 Å². The second kappa shape index (κ2) is 8.17. The smallest absolute Gasteiger partial charge is 0.336 e. The van der Waals surface area contributed by atoms with Crippen LogP contribution in [0.4, 0.5) is 0 Å². The summed E-state index contributed by atoms with van der Waals surface area (Å²) in [6.45, 7) is 2.89.